The summed E-state index contributed by atoms with van der Waals surface area (Å²) in [7, 11) is 1.60. The van der Waals surface area contributed by atoms with Crippen LogP contribution in [0.4, 0.5) is 0 Å². The molecule has 3 rings (SSSR count). The van der Waals surface area contributed by atoms with Crippen molar-refractivity contribution in [3.05, 3.63) is 46.4 Å². The zero-order valence-electron chi connectivity index (χ0n) is 16.6. The molecule has 1 aliphatic carbocycles. The van der Waals surface area contributed by atoms with Gasteiger partial charge in [0.15, 0.2) is 5.75 Å². The van der Waals surface area contributed by atoms with Gasteiger partial charge in [-0.15, -0.1) is 0 Å². The van der Waals surface area contributed by atoms with Crippen LogP contribution in [0.3, 0.4) is 0 Å². The normalized spacial score (nSPS) is 14.3. The first-order valence-corrected chi connectivity index (χ1v) is 9.63. The Labute approximate surface area is 168 Å². The zero-order chi connectivity index (χ0) is 21.0. The van der Waals surface area contributed by atoms with Crippen LogP contribution in [0.25, 0.3) is 11.1 Å². The van der Waals surface area contributed by atoms with Gasteiger partial charge in [0, 0.05) is 14.0 Å². The average molecular weight is 399 g/mol. The van der Waals surface area contributed by atoms with E-state index in [1.165, 1.54) is 11.6 Å². The molecule has 1 amide bonds. The number of aliphatic carboxylic acids is 1. The average Bonchev–Trinajstić information content (AvgIpc) is 3.50. The van der Waals surface area contributed by atoms with E-state index in [0.29, 0.717) is 30.3 Å². The highest BCUT2D eigenvalue weighted by molar-refractivity contribution is 5.82. The third-order valence-corrected chi connectivity index (χ3v) is 4.91. The number of hydrogen-bond acceptors (Lipinski definition) is 5. The number of ether oxygens (including phenoxy) is 1. The van der Waals surface area contributed by atoms with E-state index in [1.54, 1.807) is 13.2 Å². The number of carbonyl (C=O) groups excluding carboxylic acids is 1. The minimum atomic E-state index is -1.06. The molecular weight excluding hydrogens is 374 g/mol. The Morgan fingerprint density at radius 2 is 2.00 bits per heavy atom. The fourth-order valence-corrected chi connectivity index (χ4v) is 3.04. The lowest BCUT2D eigenvalue weighted by atomic mass is 10.0. The molecule has 29 heavy (non-hydrogen) atoms. The minimum absolute atomic E-state index is 0.234. The number of carboxylic acid groups (broad SMARTS) is 1. The highest BCUT2D eigenvalue weighted by Gasteiger charge is 2.23. The molecule has 1 aromatic heterocycles. The summed E-state index contributed by atoms with van der Waals surface area (Å²) in [6.07, 6.45) is 4.63. The highest BCUT2D eigenvalue weighted by Crippen LogP contribution is 2.32. The highest BCUT2D eigenvalue weighted by atomic mass is 16.5. The summed E-state index contributed by atoms with van der Waals surface area (Å²) in [6.45, 7) is 1.88. The van der Waals surface area contributed by atoms with Crippen LogP contribution in [0, 0.1) is 5.92 Å². The molecule has 1 atom stereocenters. The molecule has 1 heterocycles. The lowest BCUT2D eigenvalue weighted by molar-refractivity contribution is -0.141. The number of rotatable bonds is 9. The van der Waals surface area contributed by atoms with Gasteiger partial charge in [0.05, 0.1) is 18.4 Å². The van der Waals surface area contributed by atoms with E-state index in [2.05, 4.69) is 10.4 Å². The summed E-state index contributed by atoms with van der Waals surface area (Å²) in [5.41, 5.74) is 1.87. The lowest BCUT2D eigenvalue weighted by Crippen LogP contribution is -2.39. The molecule has 1 saturated carbocycles. The fourth-order valence-electron chi connectivity index (χ4n) is 3.04. The zero-order valence-corrected chi connectivity index (χ0v) is 16.6. The Morgan fingerprint density at radius 3 is 2.59 bits per heavy atom. The third kappa shape index (κ3) is 5.43. The summed E-state index contributed by atoms with van der Waals surface area (Å²) in [6, 6.07) is 6.43. The quantitative estimate of drug-likeness (QED) is 0.665. The van der Waals surface area contributed by atoms with Crippen LogP contribution >= 0.6 is 0 Å². The number of amides is 1. The summed E-state index contributed by atoms with van der Waals surface area (Å²) in [4.78, 5) is 35.0. The van der Waals surface area contributed by atoms with E-state index in [9.17, 15) is 19.5 Å². The Bertz CT molecular complexity index is 948. The van der Waals surface area contributed by atoms with Crippen molar-refractivity contribution in [3.63, 3.8) is 0 Å². The molecule has 0 aliphatic heterocycles. The molecule has 0 bridgehead atoms. The van der Waals surface area contributed by atoms with Gasteiger partial charge in [-0.05, 0) is 42.7 Å². The monoisotopic (exact) mass is 399 g/mol. The molecule has 2 aromatic rings. The van der Waals surface area contributed by atoms with Gasteiger partial charge >= 0.3 is 5.97 Å². The Balaban J connectivity index is 1.75. The lowest BCUT2D eigenvalue weighted by Gasteiger charge is -2.14. The maximum absolute atomic E-state index is 12.6. The molecular formula is C21H25N3O5. The summed E-state index contributed by atoms with van der Waals surface area (Å²) in [5.74, 6) is -0.404. The van der Waals surface area contributed by atoms with Gasteiger partial charge in [-0.2, -0.15) is 5.10 Å². The number of benzene rings is 1. The molecule has 1 aliphatic rings. The fraction of sp³-hybridized carbons (Fsp3) is 0.429. The van der Waals surface area contributed by atoms with Crippen LogP contribution in [-0.4, -0.2) is 39.4 Å². The molecule has 0 saturated heterocycles. The Hall–Kier alpha value is -3.16. The second-order valence-corrected chi connectivity index (χ2v) is 7.39. The van der Waals surface area contributed by atoms with Crippen LogP contribution in [0.2, 0.25) is 0 Å². The number of nitrogens with zero attached hydrogens (tertiary/aromatic N) is 2. The minimum Gasteiger partial charge on any atom is -0.491 e. The van der Waals surface area contributed by atoms with Crippen molar-refractivity contribution >= 4 is 11.9 Å². The molecule has 0 spiro atoms. The predicted octanol–water partition coefficient (Wildman–Crippen LogP) is 1.76. The summed E-state index contributed by atoms with van der Waals surface area (Å²) in [5, 5.41) is 15.7. The van der Waals surface area contributed by atoms with E-state index >= 15 is 0 Å². The van der Waals surface area contributed by atoms with E-state index in [4.69, 9.17) is 4.74 Å². The number of aryl methyl sites for hydroxylation is 2. The number of carbonyl (C=O) groups is 2. The van der Waals surface area contributed by atoms with Crippen molar-refractivity contribution in [1.29, 1.82) is 0 Å². The predicted molar refractivity (Wildman–Crippen MR) is 107 cm³/mol. The van der Waals surface area contributed by atoms with Crippen LogP contribution in [0.15, 0.2) is 35.3 Å². The van der Waals surface area contributed by atoms with Crippen molar-refractivity contribution in [2.24, 2.45) is 13.0 Å². The van der Waals surface area contributed by atoms with Gasteiger partial charge in [0.1, 0.15) is 6.04 Å². The van der Waals surface area contributed by atoms with Gasteiger partial charge in [-0.1, -0.05) is 24.3 Å². The molecule has 1 aromatic carbocycles. The first-order valence-electron chi connectivity index (χ1n) is 9.63. The maximum atomic E-state index is 12.6. The summed E-state index contributed by atoms with van der Waals surface area (Å²) >= 11 is 0. The van der Waals surface area contributed by atoms with Gasteiger partial charge < -0.3 is 15.2 Å². The van der Waals surface area contributed by atoms with E-state index in [1.807, 2.05) is 24.3 Å². The van der Waals surface area contributed by atoms with Crippen molar-refractivity contribution in [1.82, 2.24) is 15.1 Å². The van der Waals surface area contributed by atoms with Gasteiger partial charge in [0.25, 0.3) is 5.56 Å². The Morgan fingerprint density at radius 1 is 1.31 bits per heavy atom. The standard InChI is InChI=1S/C21H25N3O5/c1-13(25)23-17(21(27)28)10-7-14-5-8-16(9-6-14)19-18(29-12-15-3-4-15)11-22-24(2)20(19)26/h5-6,8-9,11,15,17H,3-4,7,10,12H2,1-2H3,(H,23,25)(H,27,28). The summed E-state index contributed by atoms with van der Waals surface area (Å²) < 4.78 is 7.12. The number of nitrogens with one attached hydrogen (secondary N) is 1. The number of aromatic nitrogens is 2. The van der Waals surface area contributed by atoms with Gasteiger partial charge in [-0.3, -0.25) is 9.59 Å². The number of carboxylic acids is 1. The van der Waals surface area contributed by atoms with Crippen molar-refractivity contribution in [2.45, 2.75) is 38.6 Å². The van der Waals surface area contributed by atoms with E-state index in [0.717, 1.165) is 24.0 Å². The first-order chi connectivity index (χ1) is 13.8. The van der Waals surface area contributed by atoms with Crippen molar-refractivity contribution in [3.8, 4) is 16.9 Å². The molecule has 2 N–H and O–H groups in total. The van der Waals surface area contributed by atoms with E-state index < -0.39 is 12.0 Å². The topological polar surface area (TPSA) is 111 Å². The van der Waals surface area contributed by atoms with Crippen molar-refractivity contribution < 1.29 is 19.4 Å². The van der Waals surface area contributed by atoms with E-state index in [-0.39, 0.29) is 17.9 Å². The Kier molecular flexibility index (Phi) is 6.31. The largest absolute Gasteiger partial charge is 0.491 e. The smallest absolute Gasteiger partial charge is 0.326 e. The molecule has 154 valence electrons. The van der Waals surface area contributed by atoms with Crippen LogP contribution in [0.1, 0.15) is 31.7 Å². The molecule has 8 nitrogen and oxygen atoms in total. The first kappa shape index (κ1) is 20.6. The SMILES string of the molecule is CC(=O)NC(CCc1ccc(-c2c(OCC3CC3)cnn(C)c2=O)cc1)C(=O)O. The van der Waals surface area contributed by atoms with Gasteiger partial charge in [0.2, 0.25) is 5.91 Å². The van der Waals surface area contributed by atoms with Gasteiger partial charge in [-0.25, -0.2) is 9.48 Å². The molecule has 0 radical (unpaired) electrons. The third-order valence-electron chi connectivity index (χ3n) is 4.91. The van der Waals surface area contributed by atoms with Crippen molar-refractivity contribution in [2.75, 3.05) is 6.61 Å². The van der Waals surface area contributed by atoms with Crippen LogP contribution < -0.4 is 15.6 Å². The second kappa shape index (κ2) is 8.89. The van der Waals surface area contributed by atoms with Crippen LogP contribution in [-0.2, 0) is 23.1 Å². The molecule has 1 unspecified atom stereocenters. The molecule has 8 heteroatoms. The maximum Gasteiger partial charge on any atom is 0.326 e. The second-order valence-electron chi connectivity index (χ2n) is 7.39. The number of hydrogen-bond donors (Lipinski definition) is 2. The van der Waals surface area contributed by atoms with Crippen LogP contribution in [0.5, 0.6) is 5.75 Å². The molecule has 1 fully saturated rings.